The van der Waals surface area contributed by atoms with Crippen LogP contribution >= 0.6 is 0 Å². The van der Waals surface area contributed by atoms with Crippen molar-refractivity contribution in [1.82, 2.24) is 14.5 Å². The van der Waals surface area contributed by atoms with E-state index in [1.807, 2.05) is 47.5 Å². The number of nitrogens with two attached hydrogens (primary N) is 1. The van der Waals surface area contributed by atoms with Crippen molar-refractivity contribution in [3.05, 3.63) is 65.5 Å². The molecule has 0 atom stereocenters. The zero-order valence-corrected chi connectivity index (χ0v) is 11.4. The maximum Gasteiger partial charge on any atom is 0.258 e. The van der Waals surface area contributed by atoms with E-state index in [2.05, 4.69) is 5.10 Å². The number of nitrogens with zero attached hydrogens (tertiary/aromatic N) is 3. The number of amides is 1. The third-order valence-corrected chi connectivity index (χ3v) is 3.90. The van der Waals surface area contributed by atoms with E-state index in [0.29, 0.717) is 18.7 Å². The minimum Gasteiger partial charge on any atom is -0.399 e. The molecule has 5 heteroatoms. The van der Waals surface area contributed by atoms with Gasteiger partial charge in [0.05, 0.1) is 17.3 Å². The molecule has 1 aromatic carbocycles. The lowest BCUT2D eigenvalue weighted by Crippen LogP contribution is -2.25. The summed E-state index contributed by atoms with van der Waals surface area (Å²) in [6, 6.07) is 11.5. The maximum absolute atomic E-state index is 12.7. The minimum atomic E-state index is 0.00553. The summed E-state index contributed by atoms with van der Waals surface area (Å²) in [6.45, 7) is 1.22. The van der Waals surface area contributed by atoms with Crippen molar-refractivity contribution in [2.24, 2.45) is 0 Å². The summed E-state index contributed by atoms with van der Waals surface area (Å²) in [5.74, 6) is 0.00553. The number of carbonyl (C=O) groups is 1. The van der Waals surface area contributed by atoms with Crippen LogP contribution in [-0.4, -0.2) is 20.4 Å². The fraction of sp³-hybridized carbons (Fsp3) is 0.125. The quantitative estimate of drug-likeness (QED) is 0.693. The number of carbonyl (C=O) groups excluding carboxylic acids is 1. The molecule has 1 amide bonds. The summed E-state index contributed by atoms with van der Waals surface area (Å²) in [6.07, 6.45) is 3.47. The number of aromatic nitrogens is 2. The Kier molecular flexibility index (Phi) is 2.47. The van der Waals surface area contributed by atoms with Gasteiger partial charge in [0.1, 0.15) is 0 Å². The Labute approximate surface area is 121 Å². The minimum absolute atomic E-state index is 0.00553. The lowest BCUT2D eigenvalue weighted by molar-refractivity contribution is 0.0753. The zero-order chi connectivity index (χ0) is 14.4. The Morgan fingerprint density at radius 3 is 2.90 bits per heavy atom. The molecule has 0 saturated heterocycles. The molecule has 0 aliphatic carbocycles. The molecular formula is C16H14N4O. The van der Waals surface area contributed by atoms with E-state index in [1.165, 1.54) is 0 Å². The molecule has 5 nitrogen and oxygen atoms in total. The number of pyridine rings is 1. The van der Waals surface area contributed by atoms with Gasteiger partial charge in [-0.1, -0.05) is 12.1 Å². The molecule has 2 N–H and O–H groups in total. The summed E-state index contributed by atoms with van der Waals surface area (Å²) >= 11 is 0. The number of nitrogen functional groups attached to an aromatic ring is 1. The van der Waals surface area contributed by atoms with Crippen LogP contribution in [0, 0.1) is 0 Å². The van der Waals surface area contributed by atoms with E-state index >= 15 is 0 Å². The van der Waals surface area contributed by atoms with Crippen molar-refractivity contribution < 1.29 is 4.79 Å². The van der Waals surface area contributed by atoms with Crippen LogP contribution in [0.4, 0.5) is 5.69 Å². The summed E-state index contributed by atoms with van der Waals surface area (Å²) < 4.78 is 1.72. The Morgan fingerprint density at radius 2 is 2.00 bits per heavy atom. The number of benzene rings is 1. The van der Waals surface area contributed by atoms with E-state index in [0.717, 1.165) is 22.3 Å². The molecule has 2 aromatic heterocycles. The van der Waals surface area contributed by atoms with E-state index in [9.17, 15) is 4.79 Å². The highest BCUT2D eigenvalue weighted by molar-refractivity contribution is 6.00. The van der Waals surface area contributed by atoms with Crippen LogP contribution in [0.15, 0.2) is 48.8 Å². The fourth-order valence-electron chi connectivity index (χ4n) is 2.83. The Balaban J connectivity index is 1.68. The predicted octanol–water partition coefficient (Wildman–Crippen LogP) is 2.07. The SMILES string of the molecule is Nc1ccc2c(c1)CN(C(=O)c1cnn3ccccc13)C2. The molecule has 104 valence electrons. The van der Waals surface area contributed by atoms with Gasteiger partial charge in [-0.15, -0.1) is 0 Å². The predicted molar refractivity (Wildman–Crippen MR) is 79.6 cm³/mol. The first-order valence-electron chi connectivity index (χ1n) is 6.81. The van der Waals surface area contributed by atoms with Crippen LogP contribution in [0.1, 0.15) is 21.5 Å². The van der Waals surface area contributed by atoms with Crippen LogP contribution in [0.2, 0.25) is 0 Å². The summed E-state index contributed by atoms with van der Waals surface area (Å²) in [5, 5.41) is 4.22. The summed E-state index contributed by atoms with van der Waals surface area (Å²) in [5.41, 5.74) is 10.3. The Morgan fingerprint density at radius 1 is 1.14 bits per heavy atom. The second kappa shape index (κ2) is 4.34. The molecule has 1 aliphatic heterocycles. The number of hydrogen-bond donors (Lipinski definition) is 1. The van der Waals surface area contributed by atoms with Gasteiger partial charge in [-0.25, -0.2) is 4.52 Å². The lowest BCUT2D eigenvalue weighted by atomic mass is 10.1. The van der Waals surface area contributed by atoms with Crippen LogP contribution in [0.25, 0.3) is 5.52 Å². The topological polar surface area (TPSA) is 63.6 Å². The Bertz CT molecular complexity index is 852. The third-order valence-electron chi connectivity index (χ3n) is 3.90. The highest BCUT2D eigenvalue weighted by atomic mass is 16.2. The molecule has 0 bridgehead atoms. The molecule has 0 fully saturated rings. The fourth-order valence-corrected chi connectivity index (χ4v) is 2.83. The first kappa shape index (κ1) is 12.0. The first-order chi connectivity index (χ1) is 10.2. The smallest absolute Gasteiger partial charge is 0.258 e. The summed E-state index contributed by atoms with van der Waals surface area (Å²) in [4.78, 5) is 14.5. The molecule has 0 unspecified atom stereocenters. The van der Waals surface area contributed by atoms with Crippen molar-refractivity contribution >= 4 is 17.1 Å². The second-order valence-electron chi connectivity index (χ2n) is 5.28. The molecular weight excluding hydrogens is 264 g/mol. The van der Waals surface area contributed by atoms with Gasteiger partial charge in [0.2, 0.25) is 0 Å². The van der Waals surface area contributed by atoms with Gasteiger partial charge in [-0.2, -0.15) is 5.10 Å². The van der Waals surface area contributed by atoms with E-state index in [-0.39, 0.29) is 5.91 Å². The normalized spacial score (nSPS) is 13.6. The van der Waals surface area contributed by atoms with Gasteiger partial charge in [-0.3, -0.25) is 4.79 Å². The van der Waals surface area contributed by atoms with Gasteiger partial charge in [0, 0.05) is 25.0 Å². The first-order valence-corrected chi connectivity index (χ1v) is 6.81. The van der Waals surface area contributed by atoms with Gasteiger partial charge in [0.25, 0.3) is 5.91 Å². The van der Waals surface area contributed by atoms with Gasteiger partial charge in [0.15, 0.2) is 0 Å². The molecule has 3 aromatic rings. The standard InChI is InChI=1S/C16H14N4O/c17-13-5-4-11-9-19(10-12(11)7-13)16(21)14-8-18-20-6-2-1-3-15(14)20/h1-8H,9-10,17H2. The zero-order valence-electron chi connectivity index (χ0n) is 11.4. The molecule has 3 heterocycles. The average Bonchev–Trinajstić information content (AvgIpc) is 3.09. The van der Waals surface area contributed by atoms with Crippen LogP contribution < -0.4 is 5.73 Å². The molecule has 0 radical (unpaired) electrons. The van der Waals surface area contributed by atoms with Gasteiger partial charge in [-0.05, 0) is 35.4 Å². The largest absolute Gasteiger partial charge is 0.399 e. The van der Waals surface area contributed by atoms with E-state index in [1.54, 1.807) is 10.7 Å². The monoisotopic (exact) mass is 278 g/mol. The van der Waals surface area contributed by atoms with Crippen molar-refractivity contribution in [2.75, 3.05) is 5.73 Å². The number of fused-ring (bicyclic) bond motifs is 2. The average molecular weight is 278 g/mol. The third kappa shape index (κ3) is 1.86. The lowest BCUT2D eigenvalue weighted by Gasteiger charge is -2.14. The van der Waals surface area contributed by atoms with E-state index in [4.69, 9.17) is 5.73 Å². The molecule has 21 heavy (non-hydrogen) atoms. The van der Waals surface area contributed by atoms with Crippen LogP contribution in [0.3, 0.4) is 0 Å². The molecule has 4 rings (SSSR count). The molecule has 1 aliphatic rings. The van der Waals surface area contributed by atoms with Crippen LogP contribution in [0.5, 0.6) is 0 Å². The second-order valence-corrected chi connectivity index (χ2v) is 5.28. The highest BCUT2D eigenvalue weighted by Crippen LogP contribution is 2.26. The van der Waals surface area contributed by atoms with Crippen molar-refractivity contribution in [3.63, 3.8) is 0 Å². The van der Waals surface area contributed by atoms with Crippen LogP contribution in [-0.2, 0) is 13.1 Å². The van der Waals surface area contributed by atoms with Gasteiger partial charge >= 0.3 is 0 Å². The highest BCUT2D eigenvalue weighted by Gasteiger charge is 2.26. The van der Waals surface area contributed by atoms with E-state index < -0.39 is 0 Å². The van der Waals surface area contributed by atoms with Crippen molar-refractivity contribution in [1.29, 1.82) is 0 Å². The number of hydrogen-bond acceptors (Lipinski definition) is 3. The number of rotatable bonds is 1. The Hall–Kier alpha value is -2.82. The summed E-state index contributed by atoms with van der Waals surface area (Å²) in [7, 11) is 0. The maximum atomic E-state index is 12.7. The molecule has 0 spiro atoms. The molecule has 0 saturated carbocycles. The van der Waals surface area contributed by atoms with Crippen molar-refractivity contribution in [3.8, 4) is 0 Å². The number of anilines is 1. The van der Waals surface area contributed by atoms with Crippen molar-refractivity contribution in [2.45, 2.75) is 13.1 Å². The van der Waals surface area contributed by atoms with Gasteiger partial charge < -0.3 is 10.6 Å².